The topological polar surface area (TPSA) is 64.4 Å². The summed E-state index contributed by atoms with van der Waals surface area (Å²) in [5, 5.41) is 3.52. The Balaban J connectivity index is 1.65. The molecule has 1 aliphatic heterocycles. The highest BCUT2D eigenvalue weighted by Crippen LogP contribution is 2.26. The normalized spacial score (nSPS) is 17.2. The van der Waals surface area contributed by atoms with Crippen LogP contribution in [0, 0.1) is 0 Å². The first-order chi connectivity index (χ1) is 10.7. The Labute approximate surface area is 134 Å². The minimum Gasteiger partial charge on any atom is -0.457 e. The summed E-state index contributed by atoms with van der Waals surface area (Å²) in [7, 11) is 0. The molecular weight excluding hydrogens is 296 g/mol. The number of thioether (sulfide) groups is 1. The van der Waals surface area contributed by atoms with Crippen LogP contribution in [-0.2, 0) is 0 Å². The van der Waals surface area contributed by atoms with Crippen LogP contribution in [0.1, 0.15) is 16.8 Å². The van der Waals surface area contributed by atoms with E-state index in [4.69, 9.17) is 10.5 Å². The smallest absolute Gasteiger partial charge is 0.248 e. The number of nitrogens with one attached hydrogen (secondary N) is 1. The van der Waals surface area contributed by atoms with Gasteiger partial charge in [0.2, 0.25) is 5.91 Å². The quantitative estimate of drug-likeness (QED) is 0.886. The number of hydrogen-bond donors (Lipinski definition) is 2. The summed E-state index contributed by atoms with van der Waals surface area (Å²) in [6.45, 7) is 0. The molecule has 3 rings (SSSR count). The predicted octanol–water partition coefficient (Wildman–Crippen LogP) is 3.50. The van der Waals surface area contributed by atoms with Gasteiger partial charge in [-0.3, -0.25) is 4.79 Å². The average Bonchev–Trinajstić information content (AvgIpc) is 3.02. The second-order valence-electron chi connectivity index (χ2n) is 5.22. The van der Waals surface area contributed by atoms with Crippen LogP contribution >= 0.6 is 11.8 Å². The van der Waals surface area contributed by atoms with E-state index in [1.165, 1.54) is 12.2 Å². The van der Waals surface area contributed by atoms with Gasteiger partial charge >= 0.3 is 0 Å². The van der Waals surface area contributed by atoms with Crippen molar-refractivity contribution in [3.05, 3.63) is 54.1 Å². The van der Waals surface area contributed by atoms with Crippen molar-refractivity contribution in [2.75, 3.05) is 16.8 Å². The van der Waals surface area contributed by atoms with Gasteiger partial charge in [0.25, 0.3) is 0 Å². The largest absolute Gasteiger partial charge is 0.457 e. The lowest BCUT2D eigenvalue weighted by Crippen LogP contribution is -2.17. The molecule has 3 N–H and O–H groups in total. The fourth-order valence-electron chi connectivity index (χ4n) is 2.35. The molecule has 1 heterocycles. The van der Waals surface area contributed by atoms with E-state index >= 15 is 0 Å². The van der Waals surface area contributed by atoms with Crippen LogP contribution in [0.15, 0.2) is 48.5 Å². The molecule has 2 aromatic rings. The molecule has 0 bridgehead atoms. The third-order valence-corrected chi connectivity index (χ3v) is 4.67. The van der Waals surface area contributed by atoms with E-state index in [2.05, 4.69) is 5.32 Å². The third kappa shape index (κ3) is 3.74. The number of carbonyl (C=O) groups is 1. The molecular formula is C17H18N2O2S. The zero-order valence-electron chi connectivity index (χ0n) is 12.1. The van der Waals surface area contributed by atoms with Crippen LogP contribution in [0.5, 0.6) is 11.5 Å². The van der Waals surface area contributed by atoms with Crippen molar-refractivity contribution in [2.24, 2.45) is 5.73 Å². The van der Waals surface area contributed by atoms with Gasteiger partial charge in [0.15, 0.2) is 0 Å². The lowest BCUT2D eigenvalue weighted by atomic mass is 10.2. The number of benzene rings is 2. The summed E-state index contributed by atoms with van der Waals surface area (Å²) in [6.07, 6.45) is 1.21. The SMILES string of the molecule is NC(=O)c1cccc(Oc2ccc(N[C@H]3CCSC3)cc2)c1. The van der Waals surface area contributed by atoms with Crippen LogP contribution in [0.3, 0.4) is 0 Å². The van der Waals surface area contributed by atoms with E-state index in [0.717, 1.165) is 17.2 Å². The summed E-state index contributed by atoms with van der Waals surface area (Å²) >= 11 is 1.99. The Bertz CT molecular complexity index is 652. The lowest BCUT2D eigenvalue weighted by molar-refractivity contribution is 0.1000. The van der Waals surface area contributed by atoms with Crippen LogP contribution in [0.2, 0.25) is 0 Å². The van der Waals surface area contributed by atoms with Crippen LogP contribution < -0.4 is 15.8 Å². The summed E-state index contributed by atoms with van der Waals surface area (Å²) in [6, 6.07) is 15.3. The van der Waals surface area contributed by atoms with Gasteiger partial charge in [-0.15, -0.1) is 0 Å². The molecule has 1 aliphatic rings. The predicted molar refractivity (Wildman–Crippen MR) is 90.8 cm³/mol. The van der Waals surface area contributed by atoms with Crippen molar-refractivity contribution >= 4 is 23.4 Å². The monoisotopic (exact) mass is 314 g/mol. The van der Waals surface area contributed by atoms with Crippen molar-refractivity contribution in [2.45, 2.75) is 12.5 Å². The molecule has 2 aromatic carbocycles. The summed E-state index contributed by atoms with van der Waals surface area (Å²) in [5.41, 5.74) is 6.81. The maximum atomic E-state index is 11.2. The molecule has 0 unspecified atom stereocenters. The van der Waals surface area contributed by atoms with E-state index in [1.807, 2.05) is 36.0 Å². The molecule has 0 radical (unpaired) electrons. The number of ether oxygens (including phenoxy) is 1. The van der Waals surface area contributed by atoms with Gasteiger partial charge in [0.1, 0.15) is 11.5 Å². The summed E-state index contributed by atoms with van der Waals surface area (Å²) in [5.74, 6) is 3.27. The zero-order chi connectivity index (χ0) is 15.4. The van der Waals surface area contributed by atoms with Crippen molar-refractivity contribution in [1.29, 1.82) is 0 Å². The van der Waals surface area contributed by atoms with Crippen LogP contribution in [-0.4, -0.2) is 23.5 Å². The number of nitrogens with two attached hydrogens (primary N) is 1. The molecule has 0 aromatic heterocycles. The molecule has 4 nitrogen and oxygen atoms in total. The Hall–Kier alpha value is -2.14. The van der Waals surface area contributed by atoms with E-state index in [-0.39, 0.29) is 0 Å². The molecule has 114 valence electrons. The highest BCUT2D eigenvalue weighted by atomic mass is 32.2. The van der Waals surface area contributed by atoms with Gasteiger partial charge in [-0.05, 0) is 54.6 Å². The highest BCUT2D eigenvalue weighted by Gasteiger charge is 2.14. The van der Waals surface area contributed by atoms with Crippen molar-refractivity contribution in [3.8, 4) is 11.5 Å². The van der Waals surface area contributed by atoms with Crippen molar-refractivity contribution in [1.82, 2.24) is 0 Å². The molecule has 0 saturated carbocycles. The molecule has 1 amide bonds. The average molecular weight is 314 g/mol. The summed E-state index contributed by atoms with van der Waals surface area (Å²) in [4.78, 5) is 11.2. The number of rotatable bonds is 5. The first-order valence-corrected chi connectivity index (χ1v) is 8.38. The van der Waals surface area contributed by atoms with E-state index in [9.17, 15) is 4.79 Å². The van der Waals surface area contributed by atoms with Gasteiger partial charge in [-0.1, -0.05) is 6.07 Å². The second-order valence-corrected chi connectivity index (χ2v) is 6.37. The maximum Gasteiger partial charge on any atom is 0.248 e. The zero-order valence-corrected chi connectivity index (χ0v) is 12.9. The van der Waals surface area contributed by atoms with Gasteiger partial charge in [0.05, 0.1) is 0 Å². The van der Waals surface area contributed by atoms with Gasteiger partial charge in [-0.2, -0.15) is 11.8 Å². The molecule has 0 aliphatic carbocycles. The first-order valence-electron chi connectivity index (χ1n) is 7.23. The molecule has 1 atom stereocenters. The number of anilines is 1. The van der Waals surface area contributed by atoms with E-state index in [1.54, 1.807) is 24.3 Å². The third-order valence-electron chi connectivity index (χ3n) is 3.51. The minimum absolute atomic E-state index is 0.439. The van der Waals surface area contributed by atoms with E-state index in [0.29, 0.717) is 17.4 Å². The van der Waals surface area contributed by atoms with Gasteiger partial charge < -0.3 is 15.8 Å². The summed E-state index contributed by atoms with van der Waals surface area (Å²) < 4.78 is 5.75. The second kappa shape index (κ2) is 6.75. The number of amides is 1. The Morgan fingerprint density at radius 1 is 1.18 bits per heavy atom. The standard InChI is InChI=1S/C17H18N2O2S/c18-17(20)12-2-1-3-16(10-12)21-15-6-4-13(5-7-15)19-14-8-9-22-11-14/h1-7,10,14,19H,8-9,11H2,(H2,18,20)/t14-/m0/s1. The number of hydrogen-bond acceptors (Lipinski definition) is 4. The fourth-order valence-corrected chi connectivity index (χ4v) is 3.50. The first kappa shape index (κ1) is 14.8. The fraction of sp³-hybridized carbons (Fsp3) is 0.235. The van der Waals surface area contributed by atoms with Crippen LogP contribution in [0.4, 0.5) is 5.69 Å². The molecule has 0 spiro atoms. The molecule has 1 saturated heterocycles. The lowest BCUT2D eigenvalue weighted by Gasteiger charge is -2.13. The molecule has 1 fully saturated rings. The van der Waals surface area contributed by atoms with Crippen LogP contribution in [0.25, 0.3) is 0 Å². The highest BCUT2D eigenvalue weighted by molar-refractivity contribution is 7.99. The van der Waals surface area contributed by atoms with Crippen molar-refractivity contribution in [3.63, 3.8) is 0 Å². The molecule has 22 heavy (non-hydrogen) atoms. The van der Waals surface area contributed by atoms with Crippen molar-refractivity contribution < 1.29 is 9.53 Å². The Morgan fingerprint density at radius 2 is 2.00 bits per heavy atom. The molecule has 5 heteroatoms. The maximum absolute atomic E-state index is 11.2. The number of carbonyl (C=O) groups excluding carboxylic acids is 1. The van der Waals surface area contributed by atoms with E-state index < -0.39 is 5.91 Å². The Kier molecular flexibility index (Phi) is 4.53. The van der Waals surface area contributed by atoms with Gasteiger partial charge in [-0.25, -0.2) is 0 Å². The Morgan fingerprint density at radius 3 is 2.68 bits per heavy atom. The van der Waals surface area contributed by atoms with Gasteiger partial charge in [0, 0.05) is 23.0 Å². The minimum atomic E-state index is -0.459. The number of primary amides is 1.